The molecule has 1 aliphatic heterocycles. The zero-order valence-corrected chi connectivity index (χ0v) is 15.3. The second-order valence-electron chi connectivity index (χ2n) is 7.03. The van der Waals surface area contributed by atoms with E-state index in [1.165, 1.54) is 6.07 Å². The number of urea groups is 1. The second kappa shape index (κ2) is 7.32. The third-order valence-corrected chi connectivity index (χ3v) is 7.50. The van der Waals surface area contributed by atoms with Gasteiger partial charge in [-0.2, -0.15) is 0 Å². The molecule has 1 aromatic carbocycles. The van der Waals surface area contributed by atoms with E-state index in [1.807, 2.05) is 6.92 Å². The lowest BCUT2D eigenvalue weighted by Gasteiger charge is -2.43. The van der Waals surface area contributed by atoms with Crippen molar-refractivity contribution in [3.05, 3.63) is 35.1 Å². The number of carbonyl (C=O) groups is 1. The highest BCUT2D eigenvalue weighted by Gasteiger charge is 2.44. The van der Waals surface area contributed by atoms with E-state index in [-0.39, 0.29) is 30.2 Å². The lowest BCUT2D eigenvalue weighted by Crippen LogP contribution is -2.59. The molecule has 1 aromatic rings. The van der Waals surface area contributed by atoms with Gasteiger partial charge in [-0.25, -0.2) is 17.6 Å². The fraction of sp³-hybridized carbons (Fsp3) is 0.611. The van der Waals surface area contributed by atoms with Gasteiger partial charge in [0, 0.05) is 13.1 Å². The highest BCUT2D eigenvalue weighted by molar-refractivity contribution is 7.92. The van der Waals surface area contributed by atoms with E-state index >= 15 is 0 Å². The first kappa shape index (κ1) is 18.2. The fourth-order valence-electron chi connectivity index (χ4n) is 3.95. The van der Waals surface area contributed by atoms with E-state index < -0.39 is 15.1 Å². The van der Waals surface area contributed by atoms with E-state index in [1.54, 1.807) is 17.0 Å². The van der Waals surface area contributed by atoms with E-state index in [2.05, 4.69) is 5.32 Å². The van der Waals surface area contributed by atoms with Crippen LogP contribution < -0.4 is 5.32 Å². The summed E-state index contributed by atoms with van der Waals surface area (Å²) in [4.78, 5) is 14.2. The van der Waals surface area contributed by atoms with Gasteiger partial charge in [-0.1, -0.05) is 30.5 Å². The SMILES string of the molecule is Cc1ccc(F)c(CCNC(=O)N2CCS(=O)(=O)C3CCCCC32)c1. The molecule has 3 rings (SSSR count). The number of carbonyl (C=O) groups excluding carboxylic acids is 1. The Hall–Kier alpha value is -1.63. The van der Waals surface area contributed by atoms with Gasteiger partial charge in [0.1, 0.15) is 5.82 Å². The molecule has 2 fully saturated rings. The molecule has 2 aliphatic rings. The summed E-state index contributed by atoms with van der Waals surface area (Å²) in [5, 5.41) is 2.41. The molecule has 0 radical (unpaired) electrons. The zero-order valence-electron chi connectivity index (χ0n) is 14.5. The Morgan fingerprint density at radius 1 is 1.32 bits per heavy atom. The standard InChI is InChI=1S/C18H25FN2O3S/c1-13-6-7-15(19)14(12-13)8-9-20-18(22)21-10-11-25(23,24)17-5-3-2-4-16(17)21/h6-7,12,16-17H,2-5,8-11H2,1H3,(H,20,22). The molecule has 1 saturated heterocycles. The van der Waals surface area contributed by atoms with Gasteiger partial charge in [0.05, 0.1) is 17.0 Å². The quantitative estimate of drug-likeness (QED) is 0.891. The van der Waals surface area contributed by atoms with Crippen LogP contribution in [0.4, 0.5) is 9.18 Å². The van der Waals surface area contributed by atoms with Gasteiger partial charge >= 0.3 is 6.03 Å². The minimum Gasteiger partial charge on any atom is -0.338 e. The number of hydrogen-bond acceptors (Lipinski definition) is 3. The molecule has 2 unspecified atom stereocenters. The Labute approximate surface area is 148 Å². The molecule has 5 nitrogen and oxygen atoms in total. The predicted molar refractivity (Wildman–Crippen MR) is 94.8 cm³/mol. The minimum atomic E-state index is -3.10. The number of amides is 2. The molecule has 7 heteroatoms. The summed E-state index contributed by atoms with van der Waals surface area (Å²) in [6.45, 7) is 2.48. The number of sulfone groups is 1. The van der Waals surface area contributed by atoms with Gasteiger partial charge < -0.3 is 10.2 Å². The molecule has 1 N–H and O–H groups in total. The fourth-order valence-corrected chi connectivity index (χ4v) is 5.99. The van der Waals surface area contributed by atoms with Gasteiger partial charge in [-0.05, 0) is 37.8 Å². The number of halogens is 1. The van der Waals surface area contributed by atoms with Crippen LogP contribution in [0.5, 0.6) is 0 Å². The number of nitrogens with zero attached hydrogens (tertiary/aromatic N) is 1. The van der Waals surface area contributed by atoms with Crippen molar-refractivity contribution >= 4 is 15.9 Å². The molecule has 138 valence electrons. The summed E-state index contributed by atoms with van der Waals surface area (Å²) in [6, 6.07) is 4.48. The molecule has 0 bridgehead atoms. The average molecular weight is 368 g/mol. The first-order chi connectivity index (χ1) is 11.9. The number of nitrogens with one attached hydrogen (secondary N) is 1. The highest BCUT2D eigenvalue weighted by atomic mass is 32.2. The van der Waals surface area contributed by atoms with Crippen LogP contribution in [-0.4, -0.2) is 49.5 Å². The van der Waals surface area contributed by atoms with E-state index in [0.29, 0.717) is 24.9 Å². The molecule has 2 amide bonds. The summed E-state index contributed by atoms with van der Waals surface area (Å²) in [5.41, 5.74) is 1.56. The van der Waals surface area contributed by atoms with Crippen LogP contribution in [0.2, 0.25) is 0 Å². The van der Waals surface area contributed by atoms with Gasteiger partial charge in [0.15, 0.2) is 9.84 Å². The number of hydrogen-bond donors (Lipinski definition) is 1. The third-order valence-electron chi connectivity index (χ3n) is 5.28. The largest absolute Gasteiger partial charge is 0.338 e. The number of fused-ring (bicyclic) bond motifs is 1. The van der Waals surface area contributed by atoms with Crippen molar-refractivity contribution in [1.29, 1.82) is 0 Å². The second-order valence-corrected chi connectivity index (χ2v) is 9.37. The Morgan fingerprint density at radius 2 is 2.08 bits per heavy atom. The van der Waals surface area contributed by atoms with Crippen LogP contribution in [0.25, 0.3) is 0 Å². The molecule has 1 saturated carbocycles. The summed E-state index contributed by atoms with van der Waals surface area (Å²) >= 11 is 0. The summed E-state index contributed by atoms with van der Waals surface area (Å²) in [7, 11) is -3.10. The number of rotatable bonds is 3. The van der Waals surface area contributed by atoms with Crippen molar-refractivity contribution in [2.24, 2.45) is 0 Å². The van der Waals surface area contributed by atoms with E-state index in [4.69, 9.17) is 0 Å². The Balaban J connectivity index is 1.60. The van der Waals surface area contributed by atoms with Crippen LogP contribution in [0.1, 0.15) is 36.8 Å². The topological polar surface area (TPSA) is 66.5 Å². The average Bonchev–Trinajstić information content (AvgIpc) is 2.58. The zero-order chi connectivity index (χ0) is 18.0. The molecule has 2 atom stereocenters. The third kappa shape index (κ3) is 3.97. The maximum atomic E-state index is 13.8. The summed E-state index contributed by atoms with van der Waals surface area (Å²) < 4.78 is 38.3. The molecule has 25 heavy (non-hydrogen) atoms. The van der Waals surface area contributed by atoms with E-state index in [9.17, 15) is 17.6 Å². The summed E-state index contributed by atoms with van der Waals surface area (Å²) in [6.07, 6.45) is 3.66. The monoisotopic (exact) mass is 368 g/mol. The van der Waals surface area contributed by atoms with Crippen LogP contribution in [0.15, 0.2) is 18.2 Å². The minimum absolute atomic E-state index is 0.0358. The predicted octanol–water partition coefficient (Wildman–Crippen LogP) is 2.43. The van der Waals surface area contributed by atoms with Crippen LogP contribution in [0, 0.1) is 12.7 Å². The van der Waals surface area contributed by atoms with Crippen LogP contribution in [0.3, 0.4) is 0 Å². The van der Waals surface area contributed by atoms with Gasteiger partial charge in [-0.15, -0.1) is 0 Å². The summed E-state index contributed by atoms with van der Waals surface area (Å²) in [5.74, 6) is -0.232. The van der Waals surface area contributed by atoms with Crippen LogP contribution in [-0.2, 0) is 16.3 Å². The van der Waals surface area contributed by atoms with Crippen molar-refractivity contribution in [2.45, 2.75) is 50.3 Å². The Morgan fingerprint density at radius 3 is 2.88 bits per heavy atom. The van der Waals surface area contributed by atoms with Gasteiger partial charge in [0.25, 0.3) is 0 Å². The van der Waals surface area contributed by atoms with Crippen molar-refractivity contribution in [3.8, 4) is 0 Å². The lowest BCUT2D eigenvalue weighted by molar-refractivity contribution is 0.156. The number of aryl methyl sites for hydroxylation is 1. The van der Waals surface area contributed by atoms with Crippen molar-refractivity contribution in [1.82, 2.24) is 10.2 Å². The molecule has 0 spiro atoms. The molecule has 1 heterocycles. The molecular weight excluding hydrogens is 343 g/mol. The molecule has 1 aliphatic carbocycles. The maximum Gasteiger partial charge on any atom is 0.317 e. The van der Waals surface area contributed by atoms with Crippen molar-refractivity contribution < 1.29 is 17.6 Å². The van der Waals surface area contributed by atoms with Crippen molar-refractivity contribution in [3.63, 3.8) is 0 Å². The molecular formula is C18H25FN2O3S. The van der Waals surface area contributed by atoms with Crippen molar-refractivity contribution in [2.75, 3.05) is 18.8 Å². The highest BCUT2D eigenvalue weighted by Crippen LogP contribution is 2.32. The van der Waals surface area contributed by atoms with E-state index in [0.717, 1.165) is 24.8 Å². The molecule has 0 aromatic heterocycles. The maximum absolute atomic E-state index is 13.8. The Kier molecular flexibility index (Phi) is 5.32. The first-order valence-electron chi connectivity index (χ1n) is 8.89. The normalized spacial score (nSPS) is 25.3. The first-order valence-corrected chi connectivity index (χ1v) is 10.6. The Bertz CT molecular complexity index is 751. The smallest absolute Gasteiger partial charge is 0.317 e. The van der Waals surface area contributed by atoms with Gasteiger partial charge in [0.2, 0.25) is 0 Å². The van der Waals surface area contributed by atoms with Gasteiger partial charge in [-0.3, -0.25) is 0 Å². The lowest BCUT2D eigenvalue weighted by atomic mass is 9.93. The number of benzene rings is 1. The van der Waals surface area contributed by atoms with Crippen LogP contribution >= 0.6 is 0 Å².